The molecule has 6 rings (SSSR count). The van der Waals surface area contributed by atoms with Gasteiger partial charge in [-0.05, 0) is 95.7 Å². The van der Waals surface area contributed by atoms with Crippen LogP contribution >= 0.6 is 0 Å². The molecule has 6 aromatic carbocycles. The number of phenols is 2. The van der Waals surface area contributed by atoms with E-state index in [2.05, 4.69) is 36.2 Å². The number of carboxylic acid groups (broad SMARTS) is 4. The maximum absolute atomic E-state index is 12.3. The molecule has 0 amide bonds. The van der Waals surface area contributed by atoms with Crippen LogP contribution in [0.2, 0.25) is 0 Å². The van der Waals surface area contributed by atoms with Crippen LogP contribution in [0.25, 0.3) is 21.5 Å². The summed E-state index contributed by atoms with van der Waals surface area (Å²) in [6.07, 6.45) is 0. The lowest BCUT2D eigenvalue weighted by Gasteiger charge is -2.10. The highest BCUT2D eigenvalue weighted by atomic mass is 32.2. The first-order valence-corrected chi connectivity index (χ1v) is 19.3. The second-order valence-corrected chi connectivity index (χ2v) is 15.1. The van der Waals surface area contributed by atoms with Crippen LogP contribution in [-0.4, -0.2) is 80.5 Å². The van der Waals surface area contributed by atoms with Crippen LogP contribution in [0.3, 0.4) is 0 Å². The van der Waals surface area contributed by atoms with Gasteiger partial charge >= 0.3 is 23.9 Å². The Morgan fingerprint density at radius 2 is 0.852 bits per heavy atom. The van der Waals surface area contributed by atoms with Crippen molar-refractivity contribution < 1.29 is 75.8 Å². The van der Waals surface area contributed by atoms with Crippen LogP contribution in [0.5, 0.6) is 11.5 Å². The number of fused-ring (bicyclic) bond motifs is 2. The summed E-state index contributed by atoms with van der Waals surface area (Å²) in [6, 6.07) is 15.5. The lowest BCUT2D eigenvalue weighted by atomic mass is 10.1. The standard InChI is InChI=1S/C36H23N7O16S2/c44-31-21-5-1-17(9-15(21)11-27(60(54,55)56)29(31)41-37-19-3-7-23(33(46)47)25(13-19)35(50)51)39-43-40-18-2-6-22-16(10-18)12-28(61(57,58)59)30(32(22)45)42-38-20-4-8-24(34(48)49)26(14-20)36(52)53/h1-14,44-45H,(H,39,40)(H,46,47)(H,48,49)(H,50,51)(H,52,53)(H,54,55,56)(H,57,58,59). The molecule has 0 spiro atoms. The van der Waals surface area contributed by atoms with Gasteiger partial charge in [-0.2, -0.15) is 27.1 Å². The van der Waals surface area contributed by atoms with Gasteiger partial charge in [0.05, 0.1) is 45.0 Å². The molecule has 0 aliphatic heterocycles. The molecular weight excluding hydrogens is 851 g/mol. The Morgan fingerprint density at radius 1 is 0.459 bits per heavy atom. The minimum absolute atomic E-state index is 0.000253. The van der Waals surface area contributed by atoms with Crippen molar-refractivity contribution in [2.45, 2.75) is 9.79 Å². The molecule has 0 saturated heterocycles. The minimum atomic E-state index is -5.09. The predicted octanol–water partition coefficient (Wildman–Crippen LogP) is 7.63. The van der Waals surface area contributed by atoms with Crippen molar-refractivity contribution in [2.75, 3.05) is 5.43 Å². The molecule has 0 fully saturated rings. The van der Waals surface area contributed by atoms with Crippen molar-refractivity contribution in [1.82, 2.24) is 0 Å². The van der Waals surface area contributed by atoms with Gasteiger partial charge in [0.15, 0.2) is 11.5 Å². The van der Waals surface area contributed by atoms with Crippen LogP contribution in [0, 0.1) is 0 Å². The second kappa shape index (κ2) is 16.2. The Balaban J connectivity index is 1.29. The van der Waals surface area contributed by atoms with E-state index in [-0.39, 0.29) is 44.3 Å². The van der Waals surface area contributed by atoms with Crippen LogP contribution < -0.4 is 5.43 Å². The van der Waals surface area contributed by atoms with E-state index in [9.17, 15) is 75.8 Å². The molecule has 61 heavy (non-hydrogen) atoms. The van der Waals surface area contributed by atoms with Crippen molar-refractivity contribution in [1.29, 1.82) is 0 Å². The number of carboxylic acids is 4. The number of aromatic carboxylic acids is 4. The summed E-state index contributed by atoms with van der Waals surface area (Å²) in [5.74, 6) is -7.80. The number of anilines is 1. The zero-order valence-electron chi connectivity index (χ0n) is 29.9. The molecule has 25 heteroatoms. The molecule has 0 unspecified atom stereocenters. The van der Waals surface area contributed by atoms with E-state index in [4.69, 9.17) is 0 Å². The van der Waals surface area contributed by atoms with E-state index in [0.29, 0.717) is 0 Å². The van der Waals surface area contributed by atoms with E-state index < -0.39 is 99.0 Å². The summed E-state index contributed by atoms with van der Waals surface area (Å²) in [5.41, 5.74) is -1.57. The van der Waals surface area contributed by atoms with Crippen molar-refractivity contribution >= 4 is 99.8 Å². The Hall–Kier alpha value is -8.26. The molecule has 0 aliphatic carbocycles. The number of phenolic OH excluding ortho intramolecular Hbond substituents is 2. The second-order valence-electron chi connectivity index (χ2n) is 12.3. The number of hydrogen-bond donors (Lipinski definition) is 9. The number of hydrogen-bond acceptors (Lipinski definition) is 16. The van der Waals surface area contributed by atoms with E-state index in [0.717, 1.165) is 48.5 Å². The molecule has 23 nitrogen and oxygen atoms in total. The summed E-state index contributed by atoms with van der Waals surface area (Å²) in [4.78, 5) is 44.0. The van der Waals surface area contributed by atoms with E-state index in [1.54, 1.807) is 0 Å². The van der Waals surface area contributed by atoms with Gasteiger partial charge in [0, 0.05) is 10.8 Å². The number of carbonyl (C=O) groups is 4. The first-order valence-electron chi connectivity index (χ1n) is 16.4. The van der Waals surface area contributed by atoms with Gasteiger partial charge < -0.3 is 30.6 Å². The van der Waals surface area contributed by atoms with Gasteiger partial charge in [-0.15, -0.1) is 15.3 Å². The summed E-state index contributed by atoms with van der Waals surface area (Å²) < 4.78 is 69.3. The maximum atomic E-state index is 12.3. The maximum Gasteiger partial charge on any atom is 0.336 e. The normalized spacial score (nSPS) is 12.2. The third-order valence-electron chi connectivity index (χ3n) is 8.44. The molecule has 310 valence electrons. The van der Waals surface area contributed by atoms with Crippen molar-refractivity contribution in [3.05, 3.63) is 107 Å². The van der Waals surface area contributed by atoms with Crippen LogP contribution in [0.15, 0.2) is 126 Å². The van der Waals surface area contributed by atoms with Gasteiger partial charge in [0.1, 0.15) is 21.2 Å². The fourth-order valence-corrected chi connectivity index (χ4v) is 7.00. The van der Waals surface area contributed by atoms with E-state index >= 15 is 0 Å². The molecule has 6 aromatic rings. The Morgan fingerprint density at radius 3 is 1.28 bits per heavy atom. The van der Waals surface area contributed by atoms with Gasteiger partial charge in [-0.3, -0.25) is 14.5 Å². The number of azo groups is 2. The molecule has 0 saturated carbocycles. The van der Waals surface area contributed by atoms with Gasteiger partial charge in [-0.1, -0.05) is 5.22 Å². The zero-order chi connectivity index (χ0) is 44.6. The summed E-state index contributed by atoms with van der Waals surface area (Å²) >= 11 is 0. The summed E-state index contributed by atoms with van der Waals surface area (Å²) in [6.45, 7) is 0. The molecular formula is C36H23N7O16S2. The largest absolute Gasteiger partial charge is 0.505 e. The van der Waals surface area contributed by atoms with Crippen LogP contribution in [-0.2, 0) is 20.2 Å². The highest BCUT2D eigenvalue weighted by molar-refractivity contribution is 7.86. The van der Waals surface area contributed by atoms with Gasteiger partial charge in [0.25, 0.3) is 20.2 Å². The molecule has 0 radical (unpaired) electrons. The Bertz CT molecular complexity index is 3230. The fourth-order valence-electron chi connectivity index (χ4n) is 5.68. The smallest absolute Gasteiger partial charge is 0.336 e. The lowest BCUT2D eigenvalue weighted by molar-refractivity contribution is 0.0651. The van der Waals surface area contributed by atoms with Crippen molar-refractivity contribution in [2.24, 2.45) is 30.8 Å². The monoisotopic (exact) mass is 873 g/mol. The van der Waals surface area contributed by atoms with Gasteiger partial charge in [-0.25, -0.2) is 19.2 Å². The average molecular weight is 874 g/mol. The molecule has 0 heterocycles. The van der Waals surface area contributed by atoms with Crippen LogP contribution in [0.4, 0.5) is 34.1 Å². The average Bonchev–Trinajstić information content (AvgIpc) is 3.18. The van der Waals surface area contributed by atoms with Crippen molar-refractivity contribution in [3.8, 4) is 11.5 Å². The number of benzene rings is 6. The van der Waals surface area contributed by atoms with Crippen molar-refractivity contribution in [3.63, 3.8) is 0 Å². The predicted molar refractivity (Wildman–Crippen MR) is 208 cm³/mol. The number of rotatable bonds is 13. The zero-order valence-corrected chi connectivity index (χ0v) is 31.6. The molecule has 0 atom stereocenters. The Labute approximate surface area is 339 Å². The molecule has 0 aromatic heterocycles. The highest BCUT2D eigenvalue weighted by Crippen LogP contribution is 2.44. The third-order valence-corrected chi connectivity index (χ3v) is 10.2. The van der Waals surface area contributed by atoms with Gasteiger partial charge in [0.2, 0.25) is 0 Å². The third kappa shape index (κ3) is 8.93. The topological polar surface area (TPSA) is 385 Å². The van der Waals surface area contributed by atoms with Crippen LogP contribution in [0.1, 0.15) is 41.4 Å². The minimum Gasteiger partial charge on any atom is -0.505 e. The quantitative estimate of drug-likeness (QED) is 0.0306. The summed E-state index contributed by atoms with van der Waals surface area (Å²) in [5, 5.41) is 81.9. The fraction of sp³-hybridized carbons (Fsp3) is 0. The molecule has 9 N–H and O–H groups in total. The first-order chi connectivity index (χ1) is 28.6. The number of aromatic hydroxyl groups is 2. The molecule has 0 aliphatic rings. The highest BCUT2D eigenvalue weighted by Gasteiger charge is 2.25. The lowest BCUT2D eigenvalue weighted by Crippen LogP contribution is -2.07. The number of nitrogens with one attached hydrogen (secondary N) is 1. The molecule has 0 bridgehead atoms. The van der Waals surface area contributed by atoms with E-state index in [1.165, 1.54) is 36.4 Å². The SMILES string of the molecule is O=C(O)c1ccc(N=Nc2c(S(=O)(=O)O)cc3cc(N=NNc4ccc5c(O)c(N=Nc6ccc(C(=O)O)c(C(=O)O)c6)c(S(=O)(=O)O)cc5c4)ccc3c2O)cc1C(=O)O. The summed E-state index contributed by atoms with van der Waals surface area (Å²) in [7, 11) is -10.2. The van der Waals surface area contributed by atoms with E-state index in [1.807, 2.05) is 0 Å². The Kier molecular flexibility index (Phi) is 11.2. The number of nitrogens with zero attached hydrogens (tertiary/aromatic N) is 6. The first kappa shape index (κ1) is 42.3.